The molecular formula is C22H28N4O4. The Morgan fingerprint density at radius 1 is 1.47 bits per heavy atom. The number of aromatic nitrogens is 2. The van der Waals surface area contributed by atoms with Gasteiger partial charge < -0.3 is 20.1 Å². The maximum absolute atomic E-state index is 12.9. The molecule has 3 rings (SSSR count). The number of nitrogens with zero attached hydrogens (tertiary/aromatic N) is 2. The van der Waals surface area contributed by atoms with E-state index in [2.05, 4.69) is 40.9 Å². The maximum atomic E-state index is 12.9. The van der Waals surface area contributed by atoms with Crippen LogP contribution in [0.15, 0.2) is 53.4 Å². The third-order valence-electron chi connectivity index (χ3n) is 5.16. The topological polar surface area (TPSA) is 109 Å². The molecule has 1 amide bonds. The third-order valence-corrected chi connectivity index (χ3v) is 5.16. The first-order valence-corrected chi connectivity index (χ1v) is 9.85. The van der Waals surface area contributed by atoms with Gasteiger partial charge in [-0.1, -0.05) is 25.2 Å². The minimum atomic E-state index is -1.07. The fourth-order valence-corrected chi connectivity index (χ4v) is 3.49. The standard InChI is InChI=1S/C22H28N4O4/c1-5-15-9-14(3)18(10-13(15)2)24-21-19(22(29)25-30-12-16(28)11-27)17-7-6-8-23-20(17)26(21)4/h5-10,13,16,24,27-28H,11-12H2,1-4H3,(H,25,29)/b15-5-/t13?,16-/m1/s1. The number of hydrogen-bond acceptors (Lipinski definition) is 6. The van der Waals surface area contributed by atoms with Crippen LogP contribution < -0.4 is 10.8 Å². The first kappa shape index (κ1) is 21.8. The van der Waals surface area contributed by atoms with Crippen molar-refractivity contribution in [3.05, 3.63) is 59.0 Å². The molecule has 1 unspecified atom stereocenters. The van der Waals surface area contributed by atoms with Gasteiger partial charge in [0, 0.05) is 30.2 Å². The molecule has 160 valence electrons. The highest BCUT2D eigenvalue weighted by atomic mass is 16.7. The number of allylic oxidation sites excluding steroid dienone is 5. The maximum Gasteiger partial charge on any atom is 0.279 e. The van der Waals surface area contributed by atoms with Crippen LogP contribution in [-0.2, 0) is 11.9 Å². The third kappa shape index (κ3) is 4.30. The Labute approximate surface area is 175 Å². The highest BCUT2D eigenvalue weighted by Crippen LogP contribution is 2.33. The monoisotopic (exact) mass is 412 g/mol. The molecule has 4 N–H and O–H groups in total. The van der Waals surface area contributed by atoms with Crippen LogP contribution in [-0.4, -0.2) is 45.0 Å². The molecule has 0 bridgehead atoms. The molecule has 8 nitrogen and oxygen atoms in total. The number of hydroxylamine groups is 1. The van der Waals surface area contributed by atoms with Crippen molar-refractivity contribution in [1.82, 2.24) is 15.0 Å². The summed E-state index contributed by atoms with van der Waals surface area (Å²) in [5, 5.41) is 22.4. The molecule has 0 saturated heterocycles. The van der Waals surface area contributed by atoms with Gasteiger partial charge in [0.2, 0.25) is 0 Å². The molecule has 0 fully saturated rings. The normalized spacial score (nSPS) is 18.9. The van der Waals surface area contributed by atoms with Crippen molar-refractivity contribution < 1.29 is 19.8 Å². The number of pyridine rings is 1. The number of amides is 1. The quantitative estimate of drug-likeness (QED) is 0.520. The average Bonchev–Trinajstić information content (AvgIpc) is 3.02. The van der Waals surface area contributed by atoms with Crippen molar-refractivity contribution in [2.75, 3.05) is 18.5 Å². The first-order chi connectivity index (χ1) is 14.4. The summed E-state index contributed by atoms with van der Waals surface area (Å²) in [4.78, 5) is 22.4. The van der Waals surface area contributed by atoms with Crippen LogP contribution in [0.5, 0.6) is 0 Å². The summed E-state index contributed by atoms with van der Waals surface area (Å²) in [5.74, 6) is 0.360. The zero-order valence-electron chi connectivity index (χ0n) is 17.6. The van der Waals surface area contributed by atoms with E-state index in [0.29, 0.717) is 22.4 Å². The number of fused-ring (bicyclic) bond motifs is 1. The van der Waals surface area contributed by atoms with Crippen LogP contribution in [0.1, 0.15) is 31.1 Å². The Balaban J connectivity index is 1.96. The second kappa shape index (κ2) is 9.25. The van der Waals surface area contributed by atoms with E-state index in [1.807, 2.05) is 31.5 Å². The van der Waals surface area contributed by atoms with Gasteiger partial charge in [0.15, 0.2) is 0 Å². The second-order valence-corrected chi connectivity index (χ2v) is 7.35. The predicted molar refractivity (Wildman–Crippen MR) is 116 cm³/mol. The number of nitrogens with one attached hydrogen (secondary N) is 2. The predicted octanol–water partition coefficient (Wildman–Crippen LogP) is 2.43. The Morgan fingerprint density at radius 2 is 2.23 bits per heavy atom. The minimum Gasteiger partial charge on any atom is -0.394 e. The number of carbonyl (C=O) groups is 1. The molecule has 1 aliphatic rings. The number of hydrogen-bond donors (Lipinski definition) is 4. The zero-order valence-corrected chi connectivity index (χ0v) is 17.6. The fourth-order valence-electron chi connectivity index (χ4n) is 3.49. The van der Waals surface area contributed by atoms with Gasteiger partial charge in [0.25, 0.3) is 5.91 Å². The zero-order chi connectivity index (χ0) is 21.8. The number of aliphatic hydroxyl groups excluding tert-OH is 2. The van der Waals surface area contributed by atoms with E-state index in [4.69, 9.17) is 9.94 Å². The van der Waals surface area contributed by atoms with Crippen molar-refractivity contribution in [3.63, 3.8) is 0 Å². The largest absolute Gasteiger partial charge is 0.394 e. The van der Waals surface area contributed by atoms with Crippen LogP contribution >= 0.6 is 0 Å². The molecule has 2 aromatic rings. The van der Waals surface area contributed by atoms with Crippen LogP contribution in [0, 0.1) is 5.92 Å². The Kier molecular flexibility index (Phi) is 6.71. The second-order valence-electron chi connectivity index (χ2n) is 7.35. The molecule has 0 aromatic carbocycles. The number of carbonyl (C=O) groups excluding carboxylic acids is 1. The summed E-state index contributed by atoms with van der Waals surface area (Å²) in [7, 11) is 1.84. The van der Waals surface area contributed by atoms with Gasteiger partial charge in [-0.15, -0.1) is 0 Å². The van der Waals surface area contributed by atoms with Crippen LogP contribution in [0.4, 0.5) is 5.82 Å². The highest BCUT2D eigenvalue weighted by Gasteiger charge is 2.24. The lowest BCUT2D eigenvalue weighted by Crippen LogP contribution is -2.30. The number of rotatable bonds is 7. The van der Waals surface area contributed by atoms with Gasteiger partial charge >= 0.3 is 0 Å². The van der Waals surface area contributed by atoms with Crippen molar-refractivity contribution in [1.29, 1.82) is 0 Å². The van der Waals surface area contributed by atoms with Crippen LogP contribution in [0.25, 0.3) is 11.0 Å². The van der Waals surface area contributed by atoms with Crippen molar-refractivity contribution >= 4 is 22.8 Å². The van der Waals surface area contributed by atoms with Crippen LogP contribution in [0.3, 0.4) is 0 Å². The summed E-state index contributed by atoms with van der Waals surface area (Å²) in [6.07, 6.45) is 6.96. The van der Waals surface area contributed by atoms with Gasteiger partial charge in [-0.2, -0.15) is 0 Å². The van der Waals surface area contributed by atoms with Crippen molar-refractivity contribution in [2.45, 2.75) is 26.9 Å². The van der Waals surface area contributed by atoms with E-state index >= 15 is 0 Å². The molecule has 0 spiro atoms. The number of anilines is 1. The van der Waals surface area contributed by atoms with E-state index < -0.39 is 18.6 Å². The lowest BCUT2D eigenvalue weighted by atomic mass is 9.91. The molecule has 2 atom stereocenters. The Morgan fingerprint density at radius 3 is 2.93 bits per heavy atom. The Bertz CT molecular complexity index is 1040. The smallest absolute Gasteiger partial charge is 0.279 e. The first-order valence-electron chi connectivity index (χ1n) is 9.85. The van der Waals surface area contributed by atoms with E-state index in [1.165, 1.54) is 5.57 Å². The van der Waals surface area contributed by atoms with Gasteiger partial charge in [-0.25, -0.2) is 10.5 Å². The summed E-state index contributed by atoms with van der Waals surface area (Å²) >= 11 is 0. The summed E-state index contributed by atoms with van der Waals surface area (Å²) in [5.41, 5.74) is 6.61. The molecule has 1 aliphatic carbocycles. The molecular weight excluding hydrogens is 384 g/mol. The van der Waals surface area contributed by atoms with Crippen molar-refractivity contribution in [2.24, 2.45) is 13.0 Å². The lowest BCUT2D eigenvalue weighted by Gasteiger charge is -2.22. The Hall–Kier alpha value is -2.94. The van der Waals surface area contributed by atoms with Gasteiger partial charge in [0.05, 0.1) is 12.2 Å². The highest BCUT2D eigenvalue weighted by molar-refractivity contribution is 6.11. The molecule has 30 heavy (non-hydrogen) atoms. The summed E-state index contributed by atoms with van der Waals surface area (Å²) in [6, 6.07) is 3.59. The van der Waals surface area contributed by atoms with E-state index in [0.717, 1.165) is 11.3 Å². The summed E-state index contributed by atoms with van der Waals surface area (Å²) < 4.78 is 1.83. The van der Waals surface area contributed by atoms with E-state index in [1.54, 1.807) is 12.3 Å². The number of aryl methyl sites for hydroxylation is 1. The molecule has 0 saturated carbocycles. The molecule has 8 heteroatoms. The molecule has 2 heterocycles. The average molecular weight is 412 g/mol. The SMILES string of the molecule is C/C=C1/C=C(C)C(Nc2c(C(=O)NOC[C@H](O)CO)c3cccnc3n2C)=CC1C. The minimum absolute atomic E-state index is 0.218. The van der Waals surface area contributed by atoms with Gasteiger partial charge in [-0.05, 0) is 37.1 Å². The number of aliphatic hydroxyl groups is 2. The van der Waals surface area contributed by atoms with Crippen LogP contribution in [0.2, 0.25) is 0 Å². The molecule has 0 radical (unpaired) electrons. The van der Waals surface area contributed by atoms with E-state index in [-0.39, 0.29) is 12.5 Å². The molecule has 2 aromatic heterocycles. The lowest BCUT2D eigenvalue weighted by molar-refractivity contribution is -0.0294. The fraction of sp³-hybridized carbons (Fsp3) is 0.364. The summed E-state index contributed by atoms with van der Waals surface area (Å²) in [6.45, 7) is 5.50. The molecule has 0 aliphatic heterocycles. The van der Waals surface area contributed by atoms with Gasteiger partial charge in [-0.3, -0.25) is 9.63 Å². The van der Waals surface area contributed by atoms with E-state index in [9.17, 15) is 9.90 Å². The van der Waals surface area contributed by atoms with Gasteiger partial charge in [0.1, 0.15) is 24.2 Å². The van der Waals surface area contributed by atoms with Crippen molar-refractivity contribution in [3.8, 4) is 0 Å².